The second-order valence-corrected chi connectivity index (χ2v) is 4.40. The molecule has 88 valence electrons. The summed E-state index contributed by atoms with van der Waals surface area (Å²) in [5.41, 5.74) is 0. The monoisotopic (exact) mass is 223 g/mol. The Morgan fingerprint density at radius 1 is 1.56 bits per heavy atom. The first-order valence-electron chi connectivity index (χ1n) is 5.42. The molecular formula is C10H17N5O. The second kappa shape index (κ2) is 4.21. The molecule has 0 spiro atoms. The van der Waals surface area contributed by atoms with Crippen LogP contribution in [0.25, 0.3) is 0 Å². The minimum absolute atomic E-state index is 0.0753. The van der Waals surface area contributed by atoms with Crippen molar-refractivity contribution in [3.05, 3.63) is 11.6 Å². The van der Waals surface area contributed by atoms with Gasteiger partial charge in [0.1, 0.15) is 5.82 Å². The van der Waals surface area contributed by atoms with Crippen LogP contribution in [-0.2, 0) is 0 Å². The second-order valence-electron chi connectivity index (χ2n) is 4.40. The summed E-state index contributed by atoms with van der Waals surface area (Å²) >= 11 is 0. The van der Waals surface area contributed by atoms with E-state index in [0.717, 1.165) is 19.5 Å². The molecule has 1 aliphatic heterocycles. The molecule has 6 nitrogen and oxygen atoms in total. The van der Waals surface area contributed by atoms with Crippen molar-refractivity contribution in [2.75, 3.05) is 27.2 Å². The zero-order valence-corrected chi connectivity index (χ0v) is 9.90. The maximum Gasteiger partial charge on any atom is 0.293 e. The van der Waals surface area contributed by atoms with Gasteiger partial charge in [0.25, 0.3) is 5.91 Å². The summed E-state index contributed by atoms with van der Waals surface area (Å²) in [6, 6.07) is 0.448. The quantitative estimate of drug-likeness (QED) is 0.759. The smallest absolute Gasteiger partial charge is 0.293 e. The highest BCUT2D eigenvalue weighted by molar-refractivity contribution is 5.90. The van der Waals surface area contributed by atoms with Crippen LogP contribution >= 0.6 is 0 Å². The van der Waals surface area contributed by atoms with Crippen LogP contribution < -0.4 is 0 Å². The highest BCUT2D eigenvalue weighted by Crippen LogP contribution is 2.14. The number of likely N-dealkylation sites (tertiary alicyclic amines) is 1. The summed E-state index contributed by atoms with van der Waals surface area (Å²) in [5, 5.41) is 6.58. The lowest BCUT2D eigenvalue weighted by Crippen LogP contribution is -2.34. The van der Waals surface area contributed by atoms with Gasteiger partial charge in [-0.2, -0.15) is 0 Å². The SMILES string of the molecule is Cc1nc(C(=O)N2CCC(N(C)C)C2)n[nH]1. The van der Waals surface area contributed by atoms with Gasteiger partial charge in [-0.1, -0.05) is 0 Å². The molecule has 0 saturated carbocycles. The number of carbonyl (C=O) groups excluding carboxylic acids is 1. The number of H-pyrrole nitrogens is 1. The summed E-state index contributed by atoms with van der Waals surface area (Å²) in [6.45, 7) is 3.34. The normalized spacial score (nSPS) is 20.8. The number of hydrogen-bond acceptors (Lipinski definition) is 4. The first-order valence-corrected chi connectivity index (χ1v) is 5.42. The van der Waals surface area contributed by atoms with Crippen LogP contribution in [0.1, 0.15) is 22.9 Å². The van der Waals surface area contributed by atoms with E-state index in [-0.39, 0.29) is 11.7 Å². The molecule has 2 heterocycles. The van der Waals surface area contributed by atoms with Crippen molar-refractivity contribution in [1.29, 1.82) is 0 Å². The summed E-state index contributed by atoms with van der Waals surface area (Å²) < 4.78 is 0. The van der Waals surface area contributed by atoms with E-state index < -0.39 is 0 Å². The van der Waals surface area contributed by atoms with Crippen LogP contribution in [0, 0.1) is 6.92 Å². The lowest BCUT2D eigenvalue weighted by molar-refractivity contribution is 0.0771. The Kier molecular flexibility index (Phi) is 2.91. The Hall–Kier alpha value is -1.43. The van der Waals surface area contributed by atoms with Gasteiger partial charge >= 0.3 is 0 Å². The van der Waals surface area contributed by atoms with E-state index in [2.05, 4.69) is 20.1 Å². The number of nitrogens with zero attached hydrogens (tertiary/aromatic N) is 4. The Bertz CT molecular complexity index is 386. The molecule has 1 saturated heterocycles. The van der Waals surface area contributed by atoms with Gasteiger partial charge in [0, 0.05) is 19.1 Å². The van der Waals surface area contributed by atoms with Crippen molar-refractivity contribution in [3.8, 4) is 0 Å². The molecule has 6 heteroatoms. The van der Waals surface area contributed by atoms with E-state index >= 15 is 0 Å². The molecule has 0 radical (unpaired) electrons. The van der Waals surface area contributed by atoms with Gasteiger partial charge in [-0.3, -0.25) is 9.89 Å². The van der Waals surface area contributed by atoms with Crippen molar-refractivity contribution in [1.82, 2.24) is 25.0 Å². The van der Waals surface area contributed by atoms with Crippen molar-refractivity contribution in [2.24, 2.45) is 0 Å². The third-order valence-electron chi connectivity index (χ3n) is 2.97. The largest absolute Gasteiger partial charge is 0.334 e. The number of aromatic nitrogens is 3. The number of aromatic amines is 1. The molecule has 1 aromatic heterocycles. The molecule has 16 heavy (non-hydrogen) atoms. The minimum Gasteiger partial charge on any atom is -0.334 e. The van der Waals surface area contributed by atoms with E-state index in [1.165, 1.54) is 0 Å². The highest BCUT2D eigenvalue weighted by atomic mass is 16.2. The molecule has 1 aliphatic rings. The van der Waals surface area contributed by atoms with Crippen molar-refractivity contribution in [3.63, 3.8) is 0 Å². The van der Waals surface area contributed by atoms with E-state index in [0.29, 0.717) is 11.9 Å². The maximum absolute atomic E-state index is 12.0. The van der Waals surface area contributed by atoms with Crippen LogP contribution in [0.15, 0.2) is 0 Å². The number of hydrogen-bond donors (Lipinski definition) is 1. The number of aryl methyl sites for hydroxylation is 1. The van der Waals surface area contributed by atoms with Crippen LogP contribution in [0.3, 0.4) is 0 Å². The Balaban J connectivity index is 2.02. The minimum atomic E-state index is -0.0753. The summed E-state index contributed by atoms with van der Waals surface area (Å²) in [6.07, 6.45) is 1.02. The van der Waals surface area contributed by atoms with Crippen LogP contribution in [0.4, 0.5) is 0 Å². The lowest BCUT2D eigenvalue weighted by Gasteiger charge is -2.19. The fourth-order valence-corrected chi connectivity index (χ4v) is 1.93. The predicted octanol–water partition coefficient (Wildman–Crippen LogP) is -0.111. The van der Waals surface area contributed by atoms with Gasteiger partial charge in [-0.15, -0.1) is 5.10 Å². The molecule has 1 aromatic rings. The van der Waals surface area contributed by atoms with Gasteiger partial charge in [-0.25, -0.2) is 4.98 Å². The van der Waals surface area contributed by atoms with Gasteiger partial charge in [-0.05, 0) is 27.4 Å². The molecule has 2 rings (SSSR count). The average Bonchev–Trinajstić information content (AvgIpc) is 2.84. The molecular weight excluding hydrogens is 206 g/mol. The fraction of sp³-hybridized carbons (Fsp3) is 0.700. The van der Waals surface area contributed by atoms with Crippen LogP contribution in [0.2, 0.25) is 0 Å². The third-order valence-corrected chi connectivity index (χ3v) is 2.97. The molecule has 1 fully saturated rings. The topological polar surface area (TPSA) is 65.1 Å². The summed E-state index contributed by atoms with van der Waals surface area (Å²) in [4.78, 5) is 20.0. The van der Waals surface area contributed by atoms with Crippen molar-refractivity contribution in [2.45, 2.75) is 19.4 Å². The van der Waals surface area contributed by atoms with E-state index in [4.69, 9.17) is 0 Å². The first kappa shape index (κ1) is 11.1. The Labute approximate surface area is 94.6 Å². The molecule has 1 amide bonds. The standard InChI is InChI=1S/C10H17N5O/c1-7-11-9(13-12-7)10(16)15-5-4-8(6-15)14(2)3/h8H,4-6H2,1-3H3,(H,11,12,13). The molecule has 0 aliphatic carbocycles. The number of amides is 1. The van der Waals surface area contributed by atoms with Gasteiger partial charge in [0.05, 0.1) is 0 Å². The van der Waals surface area contributed by atoms with E-state index in [1.54, 1.807) is 6.92 Å². The van der Waals surface area contributed by atoms with Gasteiger partial charge in [0.2, 0.25) is 5.82 Å². The Morgan fingerprint density at radius 3 is 2.81 bits per heavy atom. The molecule has 0 aromatic carbocycles. The molecule has 1 N–H and O–H groups in total. The summed E-state index contributed by atoms with van der Waals surface area (Å²) in [5.74, 6) is 0.873. The zero-order chi connectivity index (χ0) is 11.7. The highest BCUT2D eigenvalue weighted by Gasteiger charge is 2.29. The van der Waals surface area contributed by atoms with Crippen LogP contribution in [0.5, 0.6) is 0 Å². The number of nitrogens with one attached hydrogen (secondary N) is 1. The zero-order valence-electron chi connectivity index (χ0n) is 9.90. The number of rotatable bonds is 2. The number of carbonyl (C=O) groups is 1. The van der Waals surface area contributed by atoms with E-state index in [1.807, 2.05) is 19.0 Å². The number of likely N-dealkylation sites (N-methyl/N-ethyl adjacent to an activating group) is 1. The van der Waals surface area contributed by atoms with E-state index in [9.17, 15) is 4.79 Å². The van der Waals surface area contributed by atoms with Gasteiger partial charge < -0.3 is 9.80 Å². The summed E-state index contributed by atoms with van der Waals surface area (Å²) in [7, 11) is 4.07. The predicted molar refractivity (Wildman–Crippen MR) is 59.1 cm³/mol. The van der Waals surface area contributed by atoms with Gasteiger partial charge in [0.15, 0.2) is 0 Å². The average molecular weight is 223 g/mol. The molecule has 1 unspecified atom stereocenters. The maximum atomic E-state index is 12.0. The lowest BCUT2D eigenvalue weighted by atomic mass is 10.2. The Morgan fingerprint density at radius 2 is 2.31 bits per heavy atom. The molecule has 0 bridgehead atoms. The fourth-order valence-electron chi connectivity index (χ4n) is 1.93. The van der Waals surface area contributed by atoms with Crippen molar-refractivity contribution < 1.29 is 4.79 Å². The van der Waals surface area contributed by atoms with Crippen LogP contribution in [-0.4, -0.2) is 64.1 Å². The van der Waals surface area contributed by atoms with Crippen molar-refractivity contribution >= 4 is 5.91 Å². The first-order chi connectivity index (χ1) is 7.58. The third kappa shape index (κ3) is 2.06. The molecule has 1 atom stereocenters.